The molecule has 0 aliphatic rings. The van der Waals surface area contributed by atoms with Gasteiger partial charge in [-0.05, 0) is 41.5 Å². The van der Waals surface area contributed by atoms with Crippen LogP contribution in [0.5, 0.6) is 5.75 Å². The molecule has 0 saturated carbocycles. The maximum atomic E-state index is 6.13. The number of fused-ring (bicyclic) bond motifs is 2. The number of pyridine rings is 1. The number of para-hydroxylation sites is 2. The van der Waals surface area contributed by atoms with Crippen molar-refractivity contribution in [2.75, 3.05) is 0 Å². The molecular weight excluding hydrogens is 360 g/mol. The van der Waals surface area contributed by atoms with Crippen LogP contribution in [0.4, 0.5) is 0 Å². The molecule has 0 bridgehead atoms. The van der Waals surface area contributed by atoms with Crippen LogP contribution >= 0.6 is 0 Å². The van der Waals surface area contributed by atoms with E-state index in [1.54, 1.807) is 0 Å². The first-order valence-electron chi connectivity index (χ1n) is 9.37. The van der Waals surface area contributed by atoms with E-state index in [1.165, 1.54) is 6.39 Å². The third-order valence-corrected chi connectivity index (χ3v) is 4.92. The van der Waals surface area contributed by atoms with Crippen molar-refractivity contribution in [3.05, 3.63) is 109 Å². The van der Waals surface area contributed by atoms with Gasteiger partial charge in [-0.25, -0.2) is 9.97 Å². The van der Waals surface area contributed by atoms with Gasteiger partial charge in [0.2, 0.25) is 0 Å². The highest BCUT2D eigenvalue weighted by atomic mass is 16.5. The number of ether oxygens (including phenoxy) is 1. The standard InChI is InChI=1S/C25H18N2O2/c1-17(19-11-13-25-23(14-19)26-16-29-25)21-7-3-5-9-24(21)28-15-20-12-10-18-6-2-4-8-22(18)27-20/h2-14,16H,1,15H2. The summed E-state index contributed by atoms with van der Waals surface area (Å²) in [4.78, 5) is 8.92. The summed E-state index contributed by atoms with van der Waals surface area (Å²) in [5, 5.41) is 1.12. The molecule has 0 amide bonds. The number of hydrogen-bond acceptors (Lipinski definition) is 4. The first-order chi connectivity index (χ1) is 14.3. The maximum absolute atomic E-state index is 6.13. The minimum atomic E-state index is 0.386. The summed E-state index contributed by atoms with van der Waals surface area (Å²) in [6, 6.07) is 25.9. The average Bonchev–Trinajstić information content (AvgIpc) is 3.25. The summed E-state index contributed by atoms with van der Waals surface area (Å²) < 4.78 is 11.5. The van der Waals surface area contributed by atoms with Crippen molar-refractivity contribution in [1.82, 2.24) is 9.97 Å². The van der Waals surface area contributed by atoms with Gasteiger partial charge in [0.15, 0.2) is 12.0 Å². The highest BCUT2D eigenvalue weighted by Gasteiger charge is 2.11. The van der Waals surface area contributed by atoms with Crippen LogP contribution in [0.1, 0.15) is 16.8 Å². The summed E-state index contributed by atoms with van der Waals surface area (Å²) in [6.07, 6.45) is 1.45. The molecule has 3 aromatic carbocycles. The summed E-state index contributed by atoms with van der Waals surface area (Å²) in [5.74, 6) is 0.771. The third-order valence-electron chi connectivity index (χ3n) is 4.92. The molecule has 0 spiro atoms. The Labute approximate surface area is 168 Å². The molecule has 0 unspecified atom stereocenters. The van der Waals surface area contributed by atoms with Gasteiger partial charge in [0.25, 0.3) is 0 Å². The molecule has 140 valence electrons. The van der Waals surface area contributed by atoms with Crippen LogP contribution in [0.3, 0.4) is 0 Å². The van der Waals surface area contributed by atoms with Crippen molar-refractivity contribution in [3.8, 4) is 5.75 Å². The SMILES string of the molecule is C=C(c1ccc2ocnc2c1)c1ccccc1OCc1ccc2ccccc2n1. The minimum absolute atomic E-state index is 0.386. The Balaban J connectivity index is 1.41. The molecule has 0 fully saturated rings. The van der Waals surface area contributed by atoms with Crippen molar-refractivity contribution < 1.29 is 9.15 Å². The Kier molecular flexibility index (Phi) is 4.30. The van der Waals surface area contributed by atoms with Crippen molar-refractivity contribution in [2.24, 2.45) is 0 Å². The van der Waals surface area contributed by atoms with E-state index in [1.807, 2.05) is 66.7 Å². The van der Waals surface area contributed by atoms with E-state index < -0.39 is 0 Å². The Hall–Kier alpha value is -3.92. The molecule has 4 nitrogen and oxygen atoms in total. The van der Waals surface area contributed by atoms with Crippen LogP contribution in [-0.2, 0) is 6.61 Å². The van der Waals surface area contributed by atoms with Crippen molar-refractivity contribution in [2.45, 2.75) is 6.61 Å². The van der Waals surface area contributed by atoms with Crippen LogP contribution in [-0.4, -0.2) is 9.97 Å². The van der Waals surface area contributed by atoms with Crippen LogP contribution in [0, 0.1) is 0 Å². The lowest BCUT2D eigenvalue weighted by molar-refractivity contribution is 0.301. The summed E-state index contributed by atoms with van der Waals surface area (Å²) >= 11 is 0. The molecule has 29 heavy (non-hydrogen) atoms. The molecule has 0 saturated heterocycles. The molecule has 0 atom stereocenters. The van der Waals surface area contributed by atoms with Gasteiger partial charge >= 0.3 is 0 Å². The average molecular weight is 378 g/mol. The van der Waals surface area contributed by atoms with Gasteiger partial charge in [-0.3, -0.25) is 0 Å². The zero-order chi connectivity index (χ0) is 19.6. The van der Waals surface area contributed by atoms with E-state index in [-0.39, 0.29) is 0 Å². The van der Waals surface area contributed by atoms with Crippen LogP contribution in [0.2, 0.25) is 0 Å². The predicted octanol–water partition coefficient (Wildman–Crippen LogP) is 6.02. The van der Waals surface area contributed by atoms with Gasteiger partial charge in [0, 0.05) is 10.9 Å². The smallest absolute Gasteiger partial charge is 0.181 e. The Bertz CT molecular complexity index is 1340. The van der Waals surface area contributed by atoms with Crippen molar-refractivity contribution >= 4 is 27.6 Å². The van der Waals surface area contributed by atoms with E-state index in [9.17, 15) is 0 Å². The van der Waals surface area contributed by atoms with Crippen LogP contribution in [0.15, 0.2) is 96.3 Å². The van der Waals surface area contributed by atoms with E-state index in [0.29, 0.717) is 6.61 Å². The number of rotatable bonds is 5. The predicted molar refractivity (Wildman–Crippen MR) is 115 cm³/mol. The first-order valence-corrected chi connectivity index (χ1v) is 9.37. The van der Waals surface area contributed by atoms with Crippen LogP contribution in [0.25, 0.3) is 27.6 Å². The van der Waals surface area contributed by atoms with E-state index in [2.05, 4.69) is 28.7 Å². The second-order valence-corrected chi connectivity index (χ2v) is 6.79. The molecule has 0 aliphatic carbocycles. The normalized spacial score (nSPS) is 11.0. The lowest BCUT2D eigenvalue weighted by Gasteiger charge is -2.14. The fourth-order valence-electron chi connectivity index (χ4n) is 3.38. The highest BCUT2D eigenvalue weighted by molar-refractivity contribution is 5.86. The summed E-state index contributed by atoms with van der Waals surface area (Å²) in [6.45, 7) is 4.68. The van der Waals surface area contributed by atoms with Gasteiger partial charge in [-0.1, -0.05) is 55.1 Å². The third kappa shape index (κ3) is 3.36. The van der Waals surface area contributed by atoms with Gasteiger partial charge in [-0.15, -0.1) is 0 Å². The Morgan fingerprint density at radius 1 is 0.897 bits per heavy atom. The second-order valence-electron chi connectivity index (χ2n) is 6.79. The molecule has 2 aromatic heterocycles. The zero-order valence-electron chi connectivity index (χ0n) is 15.7. The maximum Gasteiger partial charge on any atom is 0.181 e. The molecule has 2 heterocycles. The Morgan fingerprint density at radius 3 is 2.72 bits per heavy atom. The number of oxazole rings is 1. The number of benzene rings is 3. The van der Waals surface area contributed by atoms with Gasteiger partial charge in [0.05, 0.1) is 11.2 Å². The highest BCUT2D eigenvalue weighted by Crippen LogP contribution is 2.31. The zero-order valence-corrected chi connectivity index (χ0v) is 15.7. The number of nitrogens with zero attached hydrogens (tertiary/aromatic N) is 2. The lowest BCUT2D eigenvalue weighted by atomic mass is 9.98. The van der Waals surface area contributed by atoms with Gasteiger partial charge in [-0.2, -0.15) is 0 Å². The van der Waals surface area contributed by atoms with E-state index in [4.69, 9.17) is 9.15 Å². The minimum Gasteiger partial charge on any atom is -0.487 e. The largest absolute Gasteiger partial charge is 0.487 e. The summed E-state index contributed by atoms with van der Waals surface area (Å²) in [5.41, 5.74) is 6.20. The fourth-order valence-corrected chi connectivity index (χ4v) is 3.38. The molecule has 0 radical (unpaired) electrons. The molecule has 0 aliphatic heterocycles. The van der Waals surface area contributed by atoms with Gasteiger partial charge < -0.3 is 9.15 Å². The molecular formula is C25H18N2O2. The second kappa shape index (κ2) is 7.24. The topological polar surface area (TPSA) is 48.2 Å². The van der Waals surface area contributed by atoms with Crippen molar-refractivity contribution in [1.29, 1.82) is 0 Å². The lowest BCUT2D eigenvalue weighted by Crippen LogP contribution is -2.01. The molecule has 4 heteroatoms. The fraction of sp³-hybridized carbons (Fsp3) is 0.0400. The summed E-state index contributed by atoms with van der Waals surface area (Å²) in [7, 11) is 0. The van der Waals surface area contributed by atoms with Gasteiger partial charge in [0.1, 0.15) is 17.9 Å². The molecule has 5 rings (SSSR count). The Morgan fingerprint density at radius 2 is 1.76 bits per heavy atom. The van der Waals surface area contributed by atoms with E-state index in [0.717, 1.165) is 50.1 Å². The number of hydrogen-bond donors (Lipinski definition) is 0. The van der Waals surface area contributed by atoms with Crippen LogP contribution < -0.4 is 4.74 Å². The first kappa shape index (κ1) is 17.2. The van der Waals surface area contributed by atoms with Crippen molar-refractivity contribution in [3.63, 3.8) is 0 Å². The van der Waals surface area contributed by atoms with E-state index >= 15 is 0 Å². The monoisotopic (exact) mass is 378 g/mol. The molecule has 5 aromatic rings. The molecule has 0 N–H and O–H groups in total. The quantitative estimate of drug-likeness (QED) is 0.375. The number of aromatic nitrogens is 2.